The molecule has 2 rings (SSSR count). The van der Waals surface area contributed by atoms with Crippen LogP contribution in [0.3, 0.4) is 0 Å². The van der Waals surface area contributed by atoms with Crippen LogP contribution in [0, 0.1) is 17.9 Å². The summed E-state index contributed by atoms with van der Waals surface area (Å²) >= 11 is 0. The maximum Gasteiger partial charge on any atom is 0.198 e. The van der Waals surface area contributed by atoms with Crippen molar-refractivity contribution in [3.8, 4) is 0 Å². The van der Waals surface area contributed by atoms with Gasteiger partial charge in [0.05, 0.1) is 6.61 Å². The second kappa shape index (κ2) is 5.40. The number of allylic oxidation sites excluding steroid dienone is 2. The van der Waals surface area contributed by atoms with Gasteiger partial charge in [0, 0.05) is 45.7 Å². The topological polar surface area (TPSA) is 38.7 Å². The fourth-order valence-corrected chi connectivity index (χ4v) is 2.01. The second-order valence-electron chi connectivity index (χ2n) is 3.33. The summed E-state index contributed by atoms with van der Waals surface area (Å²) in [5, 5.41) is 9.10. The van der Waals surface area contributed by atoms with Crippen molar-refractivity contribution in [2.75, 3.05) is 13.7 Å². The molecular formula is C10H13O3Y-. The average Bonchev–Trinajstić information content (AvgIpc) is 2.60. The molecule has 0 aromatic rings. The summed E-state index contributed by atoms with van der Waals surface area (Å²) in [6.07, 6.45) is 7.42. The Labute approximate surface area is 109 Å². The van der Waals surface area contributed by atoms with Gasteiger partial charge in [0.1, 0.15) is 0 Å². The molecule has 3 atom stereocenters. The monoisotopic (exact) mass is 270 g/mol. The smallest absolute Gasteiger partial charge is 0.198 e. The van der Waals surface area contributed by atoms with Crippen molar-refractivity contribution in [3.05, 3.63) is 24.0 Å². The molecule has 3 nitrogen and oxygen atoms in total. The van der Waals surface area contributed by atoms with Gasteiger partial charge in [0.25, 0.3) is 0 Å². The summed E-state index contributed by atoms with van der Waals surface area (Å²) in [4.78, 5) is 0. The number of aliphatic hydroxyl groups excluding tert-OH is 1. The molecule has 75 valence electrons. The van der Waals surface area contributed by atoms with Gasteiger partial charge in [-0.05, 0) is 5.57 Å². The first kappa shape index (κ1) is 12.4. The molecule has 0 saturated carbocycles. The Hall–Kier alpha value is 0.304. The molecule has 2 aliphatic rings. The predicted molar refractivity (Wildman–Crippen MR) is 46.5 cm³/mol. The first-order valence-corrected chi connectivity index (χ1v) is 4.42. The van der Waals surface area contributed by atoms with E-state index in [0.717, 1.165) is 12.0 Å². The Kier molecular flexibility index (Phi) is 4.78. The third-order valence-electron chi connectivity index (χ3n) is 2.69. The molecule has 0 aromatic carbocycles. The first-order chi connectivity index (χ1) is 6.36. The molecule has 1 radical (unpaired) electrons. The van der Waals surface area contributed by atoms with Crippen LogP contribution >= 0.6 is 0 Å². The van der Waals surface area contributed by atoms with Gasteiger partial charge in [-0.15, -0.1) is 0 Å². The number of aliphatic hydroxyl groups is 1. The maximum atomic E-state index is 9.10. The predicted octanol–water partition coefficient (Wildman–Crippen LogP) is 0.858. The fraction of sp³-hybridized carbons (Fsp3) is 0.600. The summed E-state index contributed by atoms with van der Waals surface area (Å²) < 4.78 is 10.5. The molecule has 0 fully saturated rings. The van der Waals surface area contributed by atoms with Gasteiger partial charge in [-0.2, -0.15) is 5.92 Å². The van der Waals surface area contributed by atoms with Gasteiger partial charge in [-0.3, -0.25) is 0 Å². The minimum Gasteiger partial charge on any atom is -0.509 e. The van der Waals surface area contributed by atoms with E-state index in [-0.39, 0.29) is 51.5 Å². The van der Waals surface area contributed by atoms with E-state index in [4.69, 9.17) is 14.6 Å². The van der Waals surface area contributed by atoms with E-state index in [1.165, 1.54) is 0 Å². The van der Waals surface area contributed by atoms with E-state index < -0.39 is 0 Å². The van der Waals surface area contributed by atoms with Crippen LogP contribution in [-0.4, -0.2) is 25.1 Å². The van der Waals surface area contributed by atoms with E-state index in [1.807, 2.05) is 0 Å². The molecule has 14 heavy (non-hydrogen) atoms. The molecule has 0 spiro atoms. The zero-order valence-corrected chi connectivity index (χ0v) is 11.0. The summed E-state index contributed by atoms with van der Waals surface area (Å²) in [5.74, 6) is 0.473. The van der Waals surface area contributed by atoms with Crippen molar-refractivity contribution < 1.29 is 47.3 Å². The van der Waals surface area contributed by atoms with Crippen LogP contribution < -0.4 is 0 Å². The zero-order valence-electron chi connectivity index (χ0n) is 8.14. The van der Waals surface area contributed by atoms with Gasteiger partial charge in [-0.25, -0.2) is 0 Å². The molecule has 0 saturated heterocycles. The standard InChI is InChI=1S/C10H13O3.Y/c1-12-10-9-7(4-5-13-10)2-3-8(9)6-11;/h3,5,7,9-11H,2,6H2,1H3;/q-1;. The van der Waals surface area contributed by atoms with Crippen LogP contribution in [0.4, 0.5) is 0 Å². The van der Waals surface area contributed by atoms with Crippen LogP contribution in [0.2, 0.25) is 0 Å². The van der Waals surface area contributed by atoms with Gasteiger partial charge in [-0.1, -0.05) is 18.8 Å². The summed E-state index contributed by atoms with van der Waals surface area (Å²) in [6.45, 7) is 0.0894. The number of hydrogen-bond acceptors (Lipinski definition) is 3. The van der Waals surface area contributed by atoms with Crippen molar-refractivity contribution in [1.29, 1.82) is 0 Å². The Balaban J connectivity index is 0.000000980. The average molecular weight is 270 g/mol. The molecule has 1 N–H and O–H groups in total. The Morgan fingerprint density at radius 3 is 3.14 bits per heavy atom. The van der Waals surface area contributed by atoms with Crippen molar-refractivity contribution in [2.24, 2.45) is 11.8 Å². The Morgan fingerprint density at radius 1 is 1.71 bits per heavy atom. The molecule has 0 bridgehead atoms. The summed E-state index contributed by atoms with van der Waals surface area (Å²) in [7, 11) is 1.62. The molecule has 1 heterocycles. The van der Waals surface area contributed by atoms with E-state index >= 15 is 0 Å². The minimum atomic E-state index is -0.257. The van der Waals surface area contributed by atoms with Gasteiger partial charge < -0.3 is 20.7 Å². The molecule has 3 unspecified atom stereocenters. The second-order valence-corrected chi connectivity index (χ2v) is 3.33. The summed E-state index contributed by atoms with van der Waals surface area (Å²) in [5.41, 5.74) is 1.01. The number of methoxy groups -OCH3 is 1. The van der Waals surface area contributed by atoms with Gasteiger partial charge in [0.2, 0.25) is 0 Å². The van der Waals surface area contributed by atoms with Gasteiger partial charge >= 0.3 is 0 Å². The van der Waals surface area contributed by atoms with Crippen LogP contribution in [0.1, 0.15) is 6.42 Å². The van der Waals surface area contributed by atoms with Crippen LogP contribution in [0.25, 0.3) is 0 Å². The number of rotatable bonds is 2. The van der Waals surface area contributed by atoms with Gasteiger partial charge in [0.15, 0.2) is 6.29 Å². The molecule has 0 aromatic heterocycles. The quantitative estimate of drug-likeness (QED) is 0.597. The van der Waals surface area contributed by atoms with Crippen molar-refractivity contribution in [2.45, 2.75) is 12.7 Å². The van der Waals surface area contributed by atoms with Crippen LogP contribution in [-0.2, 0) is 42.2 Å². The number of ether oxygens (including phenoxy) is 2. The fourth-order valence-electron chi connectivity index (χ4n) is 2.01. The normalized spacial score (nSPS) is 34.1. The summed E-state index contributed by atoms with van der Waals surface area (Å²) in [6, 6.07) is 0. The largest absolute Gasteiger partial charge is 0.509 e. The van der Waals surface area contributed by atoms with E-state index in [0.29, 0.717) is 5.92 Å². The molecule has 0 amide bonds. The SMILES string of the molecule is COC1OC=[C-]C2CC=C(CO)C21.[Y]. The Bertz CT molecular complexity index is 250. The van der Waals surface area contributed by atoms with E-state index in [9.17, 15) is 0 Å². The van der Waals surface area contributed by atoms with Crippen molar-refractivity contribution in [3.63, 3.8) is 0 Å². The van der Waals surface area contributed by atoms with Crippen molar-refractivity contribution in [1.82, 2.24) is 0 Å². The van der Waals surface area contributed by atoms with E-state index in [1.54, 1.807) is 13.4 Å². The first-order valence-electron chi connectivity index (χ1n) is 4.42. The number of fused-ring (bicyclic) bond motifs is 1. The molecular weight excluding hydrogens is 257 g/mol. The third-order valence-corrected chi connectivity index (χ3v) is 2.69. The number of hydrogen-bond donors (Lipinski definition) is 1. The molecule has 1 aliphatic carbocycles. The Morgan fingerprint density at radius 2 is 2.50 bits per heavy atom. The van der Waals surface area contributed by atoms with Crippen LogP contribution in [0.15, 0.2) is 17.9 Å². The minimum absolute atomic E-state index is 0. The van der Waals surface area contributed by atoms with Crippen LogP contribution in [0.5, 0.6) is 0 Å². The van der Waals surface area contributed by atoms with Crippen molar-refractivity contribution >= 4 is 0 Å². The molecule has 4 heteroatoms. The third kappa shape index (κ3) is 2.11. The zero-order chi connectivity index (χ0) is 9.26. The maximum absolute atomic E-state index is 9.10. The van der Waals surface area contributed by atoms with E-state index in [2.05, 4.69) is 12.2 Å². The molecule has 1 aliphatic heterocycles.